The Morgan fingerprint density at radius 2 is 1.83 bits per heavy atom. The molecule has 0 bridgehead atoms. The number of hydrogen-bond donors (Lipinski definition) is 1. The van der Waals surface area contributed by atoms with Crippen LogP contribution >= 0.6 is 0 Å². The molecule has 2 aromatic rings. The van der Waals surface area contributed by atoms with Crippen LogP contribution in [0.1, 0.15) is 44.1 Å². The molecule has 0 radical (unpaired) electrons. The summed E-state index contributed by atoms with van der Waals surface area (Å²) in [6.45, 7) is 4.18. The maximum atomic E-state index is 12.9. The van der Waals surface area contributed by atoms with Crippen LogP contribution in [0.3, 0.4) is 0 Å². The van der Waals surface area contributed by atoms with Gasteiger partial charge in [0.2, 0.25) is 6.79 Å². The summed E-state index contributed by atoms with van der Waals surface area (Å²) in [4.78, 5) is 40.8. The number of hydrogen-bond acceptors (Lipinski definition) is 9. The van der Waals surface area contributed by atoms with Gasteiger partial charge in [0.05, 0.1) is 7.11 Å². The molecule has 10 nitrogen and oxygen atoms in total. The summed E-state index contributed by atoms with van der Waals surface area (Å²) < 4.78 is 27.1. The van der Waals surface area contributed by atoms with E-state index in [1.54, 1.807) is 0 Å². The average Bonchev–Trinajstić information content (AvgIpc) is 3.67. The highest BCUT2D eigenvalue weighted by Crippen LogP contribution is 2.37. The first-order chi connectivity index (χ1) is 16.8. The van der Waals surface area contributed by atoms with Gasteiger partial charge in [-0.2, -0.15) is 0 Å². The standard InChI is InChI=1S/C25H30N2O8/c1-15(25(30)35-22(18-10-11-18)16(2)34-19-8-6-5-7-9-19)27-24(29)21-23(33-14-32-17(3)28)20(31-4)12-13-26-21/h5-9,12-13,15-16,18,22H,10-11,14H2,1-4H3,(H,27,29)/t15-,16-,22?/m0/s1. The Labute approximate surface area is 203 Å². The summed E-state index contributed by atoms with van der Waals surface area (Å²) in [6.07, 6.45) is 2.44. The van der Waals surface area contributed by atoms with Crippen LogP contribution in [0.5, 0.6) is 17.2 Å². The minimum atomic E-state index is -0.970. The molecule has 1 N–H and O–H groups in total. The summed E-state index contributed by atoms with van der Waals surface area (Å²) in [5, 5.41) is 2.58. The zero-order chi connectivity index (χ0) is 25.4. The normalized spacial score (nSPS) is 15.2. The van der Waals surface area contributed by atoms with Gasteiger partial charge < -0.3 is 29.0 Å². The maximum Gasteiger partial charge on any atom is 0.328 e. The second-order valence-corrected chi connectivity index (χ2v) is 8.16. The van der Waals surface area contributed by atoms with Gasteiger partial charge in [-0.1, -0.05) is 18.2 Å². The van der Waals surface area contributed by atoms with E-state index in [0.717, 1.165) is 12.8 Å². The number of rotatable bonds is 12. The second-order valence-electron chi connectivity index (χ2n) is 8.16. The number of nitrogens with zero attached hydrogens (tertiary/aromatic N) is 1. The van der Waals surface area contributed by atoms with Gasteiger partial charge in [-0.15, -0.1) is 0 Å². The third kappa shape index (κ3) is 7.33. The molecule has 10 heteroatoms. The summed E-state index contributed by atoms with van der Waals surface area (Å²) in [5.41, 5.74) is -0.129. The Bertz CT molecular complexity index is 1030. The van der Waals surface area contributed by atoms with Crippen molar-refractivity contribution in [2.75, 3.05) is 13.9 Å². The van der Waals surface area contributed by atoms with E-state index in [-0.39, 0.29) is 29.2 Å². The fourth-order valence-electron chi connectivity index (χ4n) is 3.40. The first-order valence-electron chi connectivity index (χ1n) is 11.3. The summed E-state index contributed by atoms with van der Waals surface area (Å²) in [5.74, 6) is -0.726. The van der Waals surface area contributed by atoms with Crippen LogP contribution in [-0.2, 0) is 19.1 Å². The van der Waals surface area contributed by atoms with Gasteiger partial charge >= 0.3 is 11.9 Å². The van der Waals surface area contributed by atoms with E-state index < -0.39 is 36.8 Å². The lowest BCUT2D eigenvalue weighted by molar-refractivity contribution is -0.157. The number of pyridine rings is 1. The lowest BCUT2D eigenvalue weighted by Gasteiger charge is -2.26. The summed E-state index contributed by atoms with van der Waals surface area (Å²) >= 11 is 0. The Hall–Kier alpha value is -3.82. The molecule has 1 heterocycles. The smallest absolute Gasteiger partial charge is 0.328 e. The summed E-state index contributed by atoms with van der Waals surface area (Å²) in [7, 11) is 1.40. The Morgan fingerprint density at radius 3 is 2.46 bits per heavy atom. The number of aromatic nitrogens is 1. The molecule has 1 aromatic heterocycles. The van der Waals surface area contributed by atoms with Crippen LogP contribution in [0, 0.1) is 5.92 Å². The molecule has 1 aliphatic carbocycles. The van der Waals surface area contributed by atoms with Gasteiger partial charge in [-0.25, -0.2) is 9.78 Å². The molecule has 0 saturated heterocycles. The van der Waals surface area contributed by atoms with Crippen molar-refractivity contribution < 1.29 is 38.1 Å². The van der Waals surface area contributed by atoms with Crippen molar-refractivity contribution in [3.05, 3.63) is 48.3 Å². The first-order valence-corrected chi connectivity index (χ1v) is 11.3. The van der Waals surface area contributed by atoms with Crippen molar-refractivity contribution in [2.24, 2.45) is 5.92 Å². The number of benzene rings is 1. The summed E-state index contributed by atoms with van der Waals surface area (Å²) in [6, 6.07) is 9.84. The topological polar surface area (TPSA) is 122 Å². The van der Waals surface area contributed by atoms with E-state index in [1.807, 2.05) is 37.3 Å². The van der Waals surface area contributed by atoms with Crippen molar-refractivity contribution in [3.8, 4) is 17.2 Å². The van der Waals surface area contributed by atoms with Crippen LogP contribution in [0.15, 0.2) is 42.6 Å². The second kappa shape index (κ2) is 12.0. The number of nitrogens with one attached hydrogen (secondary N) is 1. The Kier molecular flexibility index (Phi) is 8.88. The molecule has 1 aliphatic rings. The number of carbonyl (C=O) groups is 3. The average molecular weight is 487 g/mol. The molecule has 3 rings (SSSR count). The van der Waals surface area contributed by atoms with E-state index in [0.29, 0.717) is 5.75 Å². The molecule has 1 amide bonds. The van der Waals surface area contributed by atoms with Crippen molar-refractivity contribution in [2.45, 2.75) is 51.9 Å². The number of amides is 1. The molecular formula is C25H30N2O8. The van der Waals surface area contributed by atoms with Gasteiger partial charge in [0, 0.05) is 19.2 Å². The minimum Gasteiger partial charge on any atom is -0.493 e. The van der Waals surface area contributed by atoms with Crippen molar-refractivity contribution >= 4 is 17.8 Å². The van der Waals surface area contributed by atoms with E-state index >= 15 is 0 Å². The van der Waals surface area contributed by atoms with E-state index in [2.05, 4.69) is 10.3 Å². The van der Waals surface area contributed by atoms with Crippen molar-refractivity contribution in [3.63, 3.8) is 0 Å². The number of methoxy groups -OCH3 is 1. The Morgan fingerprint density at radius 1 is 1.11 bits per heavy atom. The van der Waals surface area contributed by atoms with Crippen molar-refractivity contribution in [1.82, 2.24) is 10.3 Å². The van der Waals surface area contributed by atoms with Crippen LogP contribution in [0.2, 0.25) is 0 Å². The molecule has 35 heavy (non-hydrogen) atoms. The molecule has 1 unspecified atom stereocenters. The van der Waals surface area contributed by atoms with Gasteiger partial charge in [-0.3, -0.25) is 9.59 Å². The SMILES string of the molecule is COc1ccnc(C(=O)N[C@@H](C)C(=O)OC(C2CC2)[C@H](C)Oc2ccccc2)c1OCOC(C)=O. The zero-order valence-corrected chi connectivity index (χ0v) is 20.2. The van der Waals surface area contributed by atoms with Crippen LogP contribution in [-0.4, -0.2) is 55.0 Å². The lowest BCUT2D eigenvalue weighted by Crippen LogP contribution is -2.44. The fourth-order valence-corrected chi connectivity index (χ4v) is 3.40. The molecule has 0 spiro atoms. The molecule has 1 fully saturated rings. The molecule has 1 aromatic carbocycles. The number of carbonyl (C=O) groups excluding carboxylic acids is 3. The molecular weight excluding hydrogens is 456 g/mol. The monoisotopic (exact) mass is 486 g/mol. The van der Waals surface area contributed by atoms with Crippen LogP contribution < -0.4 is 19.5 Å². The fraction of sp³-hybridized carbons (Fsp3) is 0.440. The van der Waals surface area contributed by atoms with E-state index in [9.17, 15) is 14.4 Å². The predicted octanol–water partition coefficient (Wildman–Crippen LogP) is 2.90. The zero-order valence-electron chi connectivity index (χ0n) is 20.2. The maximum absolute atomic E-state index is 12.9. The van der Waals surface area contributed by atoms with Gasteiger partial charge in [0.15, 0.2) is 17.2 Å². The quantitative estimate of drug-likeness (QED) is 0.356. The first kappa shape index (κ1) is 25.8. The van der Waals surface area contributed by atoms with Gasteiger partial charge in [0.25, 0.3) is 5.91 Å². The van der Waals surface area contributed by atoms with E-state index in [4.69, 9.17) is 23.7 Å². The number of esters is 2. The largest absolute Gasteiger partial charge is 0.493 e. The van der Waals surface area contributed by atoms with Crippen molar-refractivity contribution in [1.29, 1.82) is 0 Å². The highest BCUT2D eigenvalue weighted by Gasteiger charge is 2.40. The third-order valence-corrected chi connectivity index (χ3v) is 5.34. The highest BCUT2D eigenvalue weighted by atomic mass is 16.7. The molecule has 1 saturated carbocycles. The Balaban J connectivity index is 1.64. The van der Waals surface area contributed by atoms with Gasteiger partial charge in [-0.05, 0) is 44.7 Å². The molecule has 3 atom stereocenters. The van der Waals surface area contributed by atoms with Crippen LogP contribution in [0.4, 0.5) is 0 Å². The van der Waals surface area contributed by atoms with Gasteiger partial charge in [0.1, 0.15) is 24.0 Å². The lowest BCUT2D eigenvalue weighted by atomic mass is 10.1. The van der Waals surface area contributed by atoms with Crippen LogP contribution in [0.25, 0.3) is 0 Å². The molecule has 0 aliphatic heterocycles. The third-order valence-electron chi connectivity index (χ3n) is 5.34. The highest BCUT2D eigenvalue weighted by molar-refractivity contribution is 5.98. The number of ether oxygens (including phenoxy) is 5. The minimum absolute atomic E-state index is 0.0185. The number of para-hydroxylation sites is 1. The predicted molar refractivity (Wildman–Crippen MR) is 124 cm³/mol. The molecule has 188 valence electrons. The van der Waals surface area contributed by atoms with E-state index in [1.165, 1.54) is 33.2 Å².